The van der Waals surface area contributed by atoms with Gasteiger partial charge in [-0.3, -0.25) is 0 Å². The monoisotopic (exact) mass is 178 g/mol. The van der Waals surface area contributed by atoms with Crippen molar-refractivity contribution < 1.29 is 0 Å². The van der Waals surface area contributed by atoms with Gasteiger partial charge in [-0.2, -0.15) is 0 Å². The maximum Gasteiger partial charge on any atom is 0.0699 e. The molecular formula is C12H23B. The van der Waals surface area contributed by atoms with Crippen molar-refractivity contribution in [3.8, 4) is 0 Å². The zero-order chi connectivity index (χ0) is 9.52. The first-order valence-corrected chi connectivity index (χ1v) is 6.08. The highest BCUT2D eigenvalue weighted by molar-refractivity contribution is 6.11. The fraction of sp³-hybridized carbons (Fsp3) is 1.00. The highest BCUT2D eigenvalue weighted by Crippen LogP contribution is 2.28. The minimum Gasteiger partial charge on any atom is -0.0771 e. The second-order valence-electron chi connectivity index (χ2n) is 4.62. The molecule has 0 heterocycles. The van der Waals surface area contributed by atoms with Crippen molar-refractivity contribution >= 4 is 7.85 Å². The Bertz CT molecular complexity index is 122. The third kappa shape index (κ3) is 4.74. The van der Waals surface area contributed by atoms with E-state index < -0.39 is 0 Å². The topological polar surface area (TPSA) is 0 Å². The first-order valence-electron chi connectivity index (χ1n) is 6.08. The van der Waals surface area contributed by atoms with Crippen LogP contribution in [0.3, 0.4) is 0 Å². The van der Waals surface area contributed by atoms with Crippen molar-refractivity contribution in [2.24, 2.45) is 5.92 Å². The Balaban J connectivity index is 2.30. The molecule has 1 saturated carbocycles. The maximum atomic E-state index is 6.09. The van der Waals surface area contributed by atoms with E-state index >= 15 is 0 Å². The van der Waals surface area contributed by atoms with Crippen molar-refractivity contribution in [3.05, 3.63) is 0 Å². The maximum absolute atomic E-state index is 6.09. The minimum atomic E-state index is 0.489. The van der Waals surface area contributed by atoms with E-state index in [2.05, 4.69) is 6.92 Å². The minimum absolute atomic E-state index is 0.489. The fourth-order valence-electron chi connectivity index (χ4n) is 2.40. The quantitative estimate of drug-likeness (QED) is 0.530. The average molecular weight is 178 g/mol. The van der Waals surface area contributed by atoms with Crippen LogP contribution in [0.2, 0.25) is 5.82 Å². The molecule has 1 rings (SSSR count). The van der Waals surface area contributed by atoms with Crippen LogP contribution < -0.4 is 0 Å². The van der Waals surface area contributed by atoms with Crippen LogP contribution in [0.1, 0.15) is 64.7 Å². The molecule has 0 N–H and O–H groups in total. The summed E-state index contributed by atoms with van der Waals surface area (Å²) < 4.78 is 0. The van der Waals surface area contributed by atoms with Crippen molar-refractivity contribution in [2.45, 2.75) is 70.5 Å². The van der Waals surface area contributed by atoms with Crippen molar-refractivity contribution in [3.63, 3.8) is 0 Å². The summed E-state index contributed by atoms with van der Waals surface area (Å²) in [7, 11) is 6.09. The van der Waals surface area contributed by atoms with E-state index in [1.54, 1.807) is 0 Å². The molecule has 0 aromatic heterocycles. The number of rotatable bonds is 1. The van der Waals surface area contributed by atoms with E-state index in [1.807, 2.05) is 0 Å². The van der Waals surface area contributed by atoms with Crippen molar-refractivity contribution in [1.82, 2.24) is 0 Å². The predicted octanol–water partition coefficient (Wildman–Crippen LogP) is 4.10. The van der Waals surface area contributed by atoms with Crippen LogP contribution in [0.4, 0.5) is 0 Å². The largest absolute Gasteiger partial charge is 0.0771 e. The van der Waals surface area contributed by atoms with Crippen LogP contribution in [0.15, 0.2) is 0 Å². The van der Waals surface area contributed by atoms with Gasteiger partial charge in [-0.05, 0) is 5.92 Å². The second-order valence-corrected chi connectivity index (χ2v) is 4.62. The standard InChI is InChI=1S/C12H23B/c1-2-11-8-6-4-3-5-7-9-12(13)10-11/h11-12H,2-10H2,1H3. The van der Waals surface area contributed by atoms with Gasteiger partial charge in [0.15, 0.2) is 0 Å². The van der Waals surface area contributed by atoms with E-state index in [-0.39, 0.29) is 0 Å². The van der Waals surface area contributed by atoms with E-state index in [0.717, 1.165) is 5.92 Å². The molecule has 0 amide bonds. The van der Waals surface area contributed by atoms with Crippen molar-refractivity contribution in [1.29, 1.82) is 0 Å². The lowest BCUT2D eigenvalue weighted by atomic mass is 9.74. The third-order valence-corrected chi connectivity index (χ3v) is 3.40. The molecular weight excluding hydrogens is 155 g/mol. The lowest BCUT2D eigenvalue weighted by Crippen LogP contribution is -2.06. The van der Waals surface area contributed by atoms with Crippen LogP contribution in [0, 0.1) is 5.92 Å². The Morgan fingerprint density at radius 1 is 1.00 bits per heavy atom. The third-order valence-electron chi connectivity index (χ3n) is 3.40. The van der Waals surface area contributed by atoms with Crippen LogP contribution in [0.5, 0.6) is 0 Å². The van der Waals surface area contributed by atoms with E-state index in [4.69, 9.17) is 7.85 Å². The van der Waals surface area contributed by atoms with Gasteiger partial charge in [0.05, 0.1) is 7.85 Å². The van der Waals surface area contributed by atoms with Gasteiger partial charge in [-0.1, -0.05) is 70.5 Å². The van der Waals surface area contributed by atoms with E-state index in [1.165, 1.54) is 57.8 Å². The number of hydrogen-bond acceptors (Lipinski definition) is 0. The van der Waals surface area contributed by atoms with Gasteiger partial charge in [0.25, 0.3) is 0 Å². The normalized spacial score (nSPS) is 32.7. The molecule has 1 aliphatic rings. The number of hydrogen-bond donors (Lipinski definition) is 0. The zero-order valence-corrected chi connectivity index (χ0v) is 9.10. The molecule has 13 heavy (non-hydrogen) atoms. The summed E-state index contributed by atoms with van der Waals surface area (Å²) in [5, 5.41) is 0. The van der Waals surface area contributed by atoms with Gasteiger partial charge in [0.1, 0.15) is 0 Å². The summed E-state index contributed by atoms with van der Waals surface area (Å²) in [4.78, 5) is 0. The van der Waals surface area contributed by atoms with Gasteiger partial charge >= 0.3 is 0 Å². The van der Waals surface area contributed by atoms with Crippen LogP contribution in [0.25, 0.3) is 0 Å². The first kappa shape index (κ1) is 11.1. The summed E-state index contributed by atoms with van der Waals surface area (Å²) in [6.45, 7) is 2.31. The molecule has 0 aromatic carbocycles. The van der Waals surface area contributed by atoms with E-state index in [0.29, 0.717) is 5.82 Å². The molecule has 0 bridgehead atoms. The zero-order valence-electron chi connectivity index (χ0n) is 9.10. The van der Waals surface area contributed by atoms with Crippen LogP contribution >= 0.6 is 0 Å². The molecule has 1 fully saturated rings. The van der Waals surface area contributed by atoms with Crippen molar-refractivity contribution in [2.75, 3.05) is 0 Å². The van der Waals surface area contributed by atoms with Crippen LogP contribution in [-0.2, 0) is 0 Å². The van der Waals surface area contributed by atoms with Gasteiger partial charge in [0, 0.05) is 0 Å². The molecule has 74 valence electrons. The average Bonchev–Trinajstić information content (AvgIpc) is 2.15. The van der Waals surface area contributed by atoms with Crippen LogP contribution in [-0.4, -0.2) is 7.85 Å². The summed E-state index contributed by atoms with van der Waals surface area (Å²) in [5.74, 6) is 1.40. The fourth-order valence-corrected chi connectivity index (χ4v) is 2.40. The van der Waals surface area contributed by atoms with Gasteiger partial charge in [-0.15, -0.1) is 0 Å². The molecule has 0 nitrogen and oxygen atoms in total. The van der Waals surface area contributed by atoms with Gasteiger partial charge in [-0.25, -0.2) is 0 Å². The van der Waals surface area contributed by atoms with Gasteiger partial charge in [0.2, 0.25) is 0 Å². The molecule has 2 atom stereocenters. The Morgan fingerprint density at radius 2 is 1.62 bits per heavy atom. The SMILES string of the molecule is [B]C1CCCCCCCC(CC)C1. The molecule has 0 aromatic rings. The predicted molar refractivity (Wildman–Crippen MR) is 60.2 cm³/mol. The summed E-state index contributed by atoms with van der Waals surface area (Å²) in [6.07, 6.45) is 12.4. The molecule has 1 heteroatoms. The Hall–Kier alpha value is 0.0649. The lowest BCUT2D eigenvalue weighted by Gasteiger charge is -2.21. The highest BCUT2D eigenvalue weighted by Gasteiger charge is 2.12. The Morgan fingerprint density at radius 3 is 2.31 bits per heavy atom. The molecule has 0 saturated heterocycles. The molecule has 0 aliphatic heterocycles. The lowest BCUT2D eigenvalue weighted by molar-refractivity contribution is 0.380. The molecule has 0 spiro atoms. The summed E-state index contributed by atoms with van der Waals surface area (Å²) in [5.41, 5.74) is 0. The molecule has 2 radical (unpaired) electrons. The highest BCUT2D eigenvalue weighted by atomic mass is 14.2. The smallest absolute Gasteiger partial charge is 0.0699 e. The molecule has 1 aliphatic carbocycles. The summed E-state index contributed by atoms with van der Waals surface area (Å²) in [6, 6.07) is 0. The molecule has 2 unspecified atom stereocenters. The Labute approximate surface area is 84.9 Å². The summed E-state index contributed by atoms with van der Waals surface area (Å²) >= 11 is 0. The van der Waals surface area contributed by atoms with Gasteiger partial charge < -0.3 is 0 Å². The second kappa shape index (κ2) is 6.51. The van der Waals surface area contributed by atoms with E-state index in [9.17, 15) is 0 Å². The Kier molecular flexibility index (Phi) is 5.58. The first-order chi connectivity index (χ1) is 6.33.